The molecular formula is C19H25BrN2O4. The number of nitrogens with zero attached hydrogens (tertiary/aromatic N) is 1. The first kappa shape index (κ1) is 19.0. The van der Waals surface area contributed by atoms with Gasteiger partial charge in [-0.1, -0.05) is 15.9 Å². The number of anilines is 1. The van der Waals surface area contributed by atoms with Crippen molar-refractivity contribution in [3.63, 3.8) is 0 Å². The van der Waals surface area contributed by atoms with Gasteiger partial charge >= 0.3 is 12.1 Å². The fourth-order valence-corrected chi connectivity index (χ4v) is 4.12. The average Bonchev–Trinajstić information content (AvgIpc) is 2.98. The van der Waals surface area contributed by atoms with E-state index in [4.69, 9.17) is 9.47 Å². The molecule has 0 spiro atoms. The lowest BCUT2D eigenvalue weighted by molar-refractivity contribution is -0.145. The first-order valence-corrected chi connectivity index (χ1v) is 9.73. The Morgan fingerprint density at radius 1 is 1.35 bits per heavy atom. The van der Waals surface area contributed by atoms with Crippen LogP contribution in [0.1, 0.15) is 45.7 Å². The van der Waals surface area contributed by atoms with E-state index >= 15 is 0 Å². The molecule has 2 heterocycles. The standard InChI is InChI=1S/C19H25BrN2O4/c1-5-25-17(23)15-12-8-9-22(18(24)26-19(2,3)4)16(12)13-10-11(20)6-7-14(13)21-15/h6-7,10,12,15-16,21H,5,8-9H2,1-4H3/t12-,15-,16-/m0/s1. The highest BCUT2D eigenvalue weighted by Crippen LogP contribution is 2.47. The number of nitrogens with one attached hydrogen (secondary N) is 1. The predicted octanol–water partition coefficient (Wildman–Crippen LogP) is 4.10. The summed E-state index contributed by atoms with van der Waals surface area (Å²) >= 11 is 3.51. The zero-order chi connectivity index (χ0) is 19.1. The summed E-state index contributed by atoms with van der Waals surface area (Å²) in [7, 11) is 0. The molecule has 1 saturated heterocycles. The van der Waals surface area contributed by atoms with Gasteiger partial charge in [0.2, 0.25) is 0 Å². The Kier molecular flexibility index (Phi) is 5.19. The molecule has 26 heavy (non-hydrogen) atoms. The Balaban J connectivity index is 1.97. The van der Waals surface area contributed by atoms with Crippen molar-refractivity contribution >= 4 is 33.7 Å². The Morgan fingerprint density at radius 3 is 2.73 bits per heavy atom. The van der Waals surface area contributed by atoms with Crippen LogP contribution in [-0.4, -0.2) is 41.8 Å². The molecule has 0 aromatic heterocycles. The highest BCUT2D eigenvalue weighted by Gasteiger charge is 2.49. The van der Waals surface area contributed by atoms with Crippen LogP contribution in [0.5, 0.6) is 0 Å². The van der Waals surface area contributed by atoms with Crippen LogP contribution in [0.15, 0.2) is 22.7 Å². The van der Waals surface area contributed by atoms with Crippen LogP contribution in [0.4, 0.5) is 10.5 Å². The van der Waals surface area contributed by atoms with E-state index in [1.165, 1.54) is 0 Å². The van der Waals surface area contributed by atoms with Crippen LogP contribution in [-0.2, 0) is 14.3 Å². The molecule has 1 fully saturated rings. The number of amides is 1. The molecule has 1 aromatic carbocycles. The number of carbonyl (C=O) groups excluding carboxylic acids is 2. The van der Waals surface area contributed by atoms with Crippen molar-refractivity contribution in [3.8, 4) is 0 Å². The average molecular weight is 425 g/mol. The minimum Gasteiger partial charge on any atom is -0.464 e. The molecule has 1 amide bonds. The van der Waals surface area contributed by atoms with Gasteiger partial charge in [-0.15, -0.1) is 0 Å². The molecule has 142 valence electrons. The minimum absolute atomic E-state index is 0.0524. The molecule has 6 nitrogen and oxygen atoms in total. The SMILES string of the molecule is CCOC(=O)[C@H]1Nc2ccc(Br)cc2[C@@H]2[C@H]1CCN2C(=O)OC(C)(C)C. The maximum absolute atomic E-state index is 12.8. The summed E-state index contributed by atoms with van der Waals surface area (Å²) in [5.41, 5.74) is 1.28. The van der Waals surface area contributed by atoms with Crippen molar-refractivity contribution in [1.82, 2.24) is 4.90 Å². The second-order valence-electron chi connectivity index (χ2n) is 7.68. The van der Waals surface area contributed by atoms with E-state index in [-0.39, 0.29) is 24.0 Å². The van der Waals surface area contributed by atoms with Crippen molar-refractivity contribution in [3.05, 3.63) is 28.2 Å². The molecule has 0 saturated carbocycles. The van der Waals surface area contributed by atoms with E-state index in [2.05, 4.69) is 21.2 Å². The lowest BCUT2D eigenvalue weighted by Gasteiger charge is -2.38. The number of benzene rings is 1. The van der Waals surface area contributed by atoms with Gasteiger partial charge in [-0.25, -0.2) is 9.59 Å². The number of rotatable bonds is 2. The molecule has 2 aliphatic rings. The number of carbonyl (C=O) groups is 2. The zero-order valence-electron chi connectivity index (χ0n) is 15.5. The third-order valence-corrected chi connectivity index (χ3v) is 5.18. The van der Waals surface area contributed by atoms with E-state index in [1.54, 1.807) is 11.8 Å². The quantitative estimate of drug-likeness (QED) is 0.723. The normalized spacial score (nSPS) is 24.3. The van der Waals surface area contributed by atoms with Crippen LogP contribution in [0.3, 0.4) is 0 Å². The highest BCUT2D eigenvalue weighted by atomic mass is 79.9. The maximum Gasteiger partial charge on any atom is 0.410 e. The van der Waals surface area contributed by atoms with E-state index in [9.17, 15) is 9.59 Å². The molecule has 0 bridgehead atoms. The van der Waals surface area contributed by atoms with Gasteiger partial charge in [-0.05, 0) is 57.9 Å². The van der Waals surface area contributed by atoms with Crippen LogP contribution in [0, 0.1) is 5.92 Å². The Bertz CT molecular complexity index is 716. The summed E-state index contributed by atoms with van der Waals surface area (Å²) in [6.07, 6.45) is 0.368. The molecule has 1 aromatic rings. The lowest BCUT2D eigenvalue weighted by atomic mass is 9.83. The largest absolute Gasteiger partial charge is 0.464 e. The summed E-state index contributed by atoms with van der Waals surface area (Å²) in [4.78, 5) is 27.0. The van der Waals surface area contributed by atoms with Gasteiger partial charge in [0.25, 0.3) is 0 Å². The highest BCUT2D eigenvalue weighted by molar-refractivity contribution is 9.10. The number of hydrogen-bond donors (Lipinski definition) is 1. The van der Waals surface area contributed by atoms with E-state index in [0.717, 1.165) is 15.7 Å². The third-order valence-electron chi connectivity index (χ3n) is 4.68. The minimum atomic E-state index is -0.567. The number of hydrogen-bond acceptors (Lipinski definition) is 5. The van der Waals surface area contributed by atoms with E-state index < -0.39 is 11.6 Å². The summed E-state index contributed by atoms with van der Waals surface area (Å²) in [6, 6.07) is 5.16. The van der Waals surface area contributed by atoms with Crippen molar-refractivity contribution in [2.24, 2.45) is 5.92 Å². The molecule has 0 aliphatic carbocycles. The number of esters is 1. The van der Waals surface area contributed by atoms with Crippen LogP contribution in [0.2, 0.25) is 0 Å². The van der Waals surface area contributed by atoms with Crippen LogP contribution in [0.25, 0.3) is 0 Å². The predicted molar refractivity (Wildman–Crippen MR) is 102 cm³/mol. The van der Waals surface area contributed by atoms with Gasteiger partial charge in [-0.3, -0.25) is 0 Å². The molecule has 1 N–H and O–H groups in total. The second kappa shape index (κ2) is 7.10. The van der Waals surface area contributed by atoms with Gasteiger partial charge in [0.1, 0.15) is 11.6 Å². The summed E-state index contributed by atoms with van der Waals surface area (Å²) in [5.74, 6) is -0.328. The summed E-state index contributed by atoms with van der Waals surface area (Å²) in [5, 5.41) is 3.31. The molecule has 7 heteroatoms. The van der Waals surface area contributed by atoms with E-state index in [0.29, 0.717) is 19.6 Å². The molecule has 0 unspecified atom stereocenters. The third kappa shape index (κ3) is 3.68. The number of halogens is 1. The smallest absolute Gasteiger partial charge is 0.410 e. The van der Waals surface area contributed by atoms with Crippen LogP contribution < -0.4 is 5.32 Å². The first-order valence-electron chi connectivity index (χ1n) is 8.93. The maximum atomic E-state index is 12.8. The second-order valence-corrected chi connectivity index (χ2v) is 8.59. The number of fused-ring (bicyclic) bond motifs is 3. The van der Waals surface area contributed by atoms with Crippen molar-refractivity contribution in [2.75, 3.05) is 18.5 Å². The fraction of sp³-hybridized carbons (Fsp3) is 0.579. The molecule has 3 rings (SSSR count). The van der Waals surface area contributed by atoms with Crippen LogP contribution >= 0.6 is 15.9 Å². The van der Waals surface area contributed by atoms with E-state index in [1.807, 2.05) is 39.0 Å². The molecule has 0 radical (unpaired) electrons. The van der Waals surface area contributed by atoms with Gasteiger partial charge in [-0.2, -0.15) is 0 Å². The summed E-state index contributed by atoms with van der Waals surface area (Å²) in [6.45, 7) is 8.24. The molecule has 3 atom stereocenters. The van der Waals surface area contributed by atoms with Gasteiger partial charge in [0.15, 0.2) is 0 Å². The number of likely N-dealkylation sites (tertiary alicyclic amines) is 1. The Labute approximate surface area is 162 Å². The molecular weight excluding hydrogens is 400 g/mol. The van der Waals surface area contributed by atoms with Crippen molar-refractivity contribution in [2.45, 2.75) is 51.8 Å². The lowest BCUT2D eigenvalue weighted by Crippen LogP contribution is -2.46. The Hall–Kier alpha value is -1.76. The molecule has 2 aliphatic heterocycles. The van der Waals surface area contributed by atoms with Crippen molar-refractivity contribution in [1.29, 1.82) is 0 Å². The van der Waals surface area contributed by atoms with Gasteiger partial charge < -0.3 is 19.7 Å². The zero-order valence-corrected chi connectivity index (χ0v) is 17.1. The van der Waals surface area contributed by atoms with Crippen molar-refractivity contribution < 1.29 is 19.1 Å². The monoisotopic (exact) mass is 424 g/mol. The topological polar surface area (TPSA) is 67.9 Å². The summed E-state index contributed by atoms with van der Waals surface area (Å²) < 4.78 is 11.8. The number of ether oxygens (including phenoxy) is 2. The van der Waals surface area contributed by atoms with Gasteiger partial charge in [0, 0.05) is 22.6 Å². The van der Waals surface area contributed by atoms with Gasteiger partial charge in [0.05, 0.1) is 12.6 Å². The fourth-order valence-electron chi connectivity index (χ4n) is 3.74. The first-order chi connectivity index (χ1) is 12.2. The Morgan fingerprint density at radius 2 is 2.08 bits per heavy atom.